The predicted octanol–water partition coefficient (Wildman–Crippen LogP) is 2.97. The van der Waals surface area contributed by atoms with Gasteiger partial charge < -0.3 is 14.5 Å². The van der Waals surface area contributed by atoms with Crippen molar-refractivity contribution in [3.05, 3.63) is 40.7 Å². The summed E-state index contributed by atoms with van der Waals surface area (Å²) in [6, 6.07) is 7.93. The molecule has 0 aromatic carbocycles. The third kappa shape index (κ3) is 3.79. The fourth-order valence-electron chi connectivity index (χ4n) is 3.55. The zero-order valence-electron chi connectivity index (χ0n) is 14.3. The molecule has 0 aliphatic carbocycles. The molecule has 2 aliphatic rings. The first-order valence-corrected chi connectivity index (χ1v) is 9.84. The molecule has 4 rings (SSSR count). The molecule has 0 spiro atoms. The van der Waals surface area contributed by atoms with Crippen molar-refractivity contribution in [1.82, 2.24) is 9.88 Å². The van der Waals surface area contributed by atoms with Crippen molar-refractivity contribution >= 4 is 23.1 Å². The van der Waals surface area contributed by atoms with Gasteiger partial charge in [0.15, 0.2) is 11.6 Å². The fraction of sp³-hybridized carbons (Fsp3) is 0.474. The Labute approximate surface area is 152 Å². The molecule has 2 aliphatic heterocycles. The number of pyridine rings is 1. The van der Waals surface area contributed by atoms with Gasteiger partial charge >= 0.3 is 0 Å². The van der Waals surface area contributed by atoms with E-state index in [1.807, 2.05) is 40.7 Å². The van der Waals surface area contributed by atoms with Gasteiger partial charge in [-0.15, -0.1) is 11.3 Å². The quantitative estimate of drug-likeness (QED) is 0.825. The van der Waals surface area contributed by atoms with Crippen LogP contribution in [0.2, 0.25) is 0 Å². The Bertz CT molecular complexity index is 713. The van der Waals surface area contributed by atoms with Crippen LogP contribution in [-0.4, -0.2) is 48.1 Å². The number of thiophene rings is 1. The summed E-state index contributed by atoms with van der Waals surface area (Å²) >= 11 is 1.64. The van der Waals surface area contributed by atoms with Gasteiger partial charge in [-0.1, -0.05) is 6.07 Å². The summed E-state index contributed by atoms with van der Waals surface area (Å²) in [6.45, 7) is 3.53. The molecule has 2 saturated heterocycles. The topological polar surface area (TPSA) is 45.7 Å². The minimum atomic E-state index is 0.0536. The molecule has 5 nitrogen and oxygen atoms in total. The second-order valence-electron chi connectivity index (χ2n) is 6.64. The molecule has 0 unspecified atom stereocenters. The molecule has 132 valence electrons. The molecule has 0 bridgehead atoms. The van der Waals surface area contributed by atoms with E-state index in [0.29, 0.717) is 13.0 Å². The fourth-order valence-corrected chi connectivity index (χ4v) is 4.24. The first-order chi connectivity index (χ1) is 12.3. The highest BCUT2D eigenvalue weighted by molar-refractivity contribution is 7.10. The molecule has 0 N–H and O–H groups in total. The largest absolute Gasteiger partial charge is 0.485 e. The van der Waals surface area contributed by atoms with E-state index in [1.165, 1.54) is 12.8 Å². The van der Waals surface area contributed by atoms with Gasteiger partial charge in [0.1, 0.15) is 6.10 Å². The molecule has 1 amide bonds. The van der Waals surface area contributed by atoms with E-state index < -0.39 is 0 Å². The molecule has 0 radical (unpaired) electrons. The van der Waals surface area contributed by atoms with Crippen molar-refractivity contribution in [3.63, 3.8) is 0 Å². The van der Waals surface area contributed by atoms with Crippen LogP contribution < -0.4 is 9.64 Å². The number of likely N-dealkylation sites (tertiary alicyclic amines) is 1. The Hall–Kier alpha value is -2.08. The third-order valence-corrected chi connectivity index (χ3v) is 5.73. The van der Waals surface area contributed by atoms with Crippen molar-refractivity contribution < 1.29 is 9.53 Å². The van der Waals surface area contributed by atoms with Gasteiger partial charge in [0.2, 0.25) is 5.91 Å². The van der Waals surface area contributed by atoms with E-state index in [1.54, 1.807) is 11.3 Å². The zero-order valence-corrected chi connectivity index (χ0v) is 15.1. The maximum Gasteiger partial charge on any atom is 0.227 e. The van der Waals surface area contributed by atoms with Gasteiger partial charge in [-0.3, -0.25) is 4.79 Å². The van der Waals surface area contributed by atoms with Crippen LogP contribution in [0.4, 0.5) is 5.82 Å². The smallest absolute Gasteiger partial charge is 0.227 e. The van der Waals surface area contributed by atoms with E-state index in [0.717, 1.165) is 42.5 Å². The lowest BCUT2D eigenvalue weighted by Gasteiger charge is -2.22. The first-order valence-electron chi connectivity index (χ1n) is 8.96. The highest BCUT2D eigenvalue weighted by atomic mass is 32.1. The molecule has 2 aromatic rings. The van der Waals surface area contributed by atoms with Crippen molar-refractivity contribution in [2.75, 3.05) is 31.1 Å². The number of ether oxygens (including phenoxy) is 1. The van der Waals surface area contributed by atoms with E-state index >= 15 is 0 Å². The molecular weight excluding hydrogens is 334 g/mol. The Morgan fingerprint density at radius 3 is 2.92 bits per heavy atom. The summed E-state index contributed by atoms with van der Waals surface area (Å²) in [5.41, 5.74) is 0. The van der Waals surface area contributed by atoms with Gasteiger partial charge in [-0.2, -0.15) is 0 Å². The molecule has 25 heavy (non-hydrogen) atoms. The standard InChI is InChI=1S/C19H23N3O2S/c23-18(13-16-5-4-12-25-16)22-11-7-15(14-22)24-17-6-3-8-20-19(17)21-9-1-2-10-21/h3-6,8,12,15H,1-2,7,9-11,13-14H2/t15-/m0/s1. The maximum atomic E-state index is 12.4. The van der Waals surface area contributed by atoms with Crippen molar-refractivity contribution in [2.24, 2.45) is 0 Å². The Morgan fingerprint density at radius 2 is 2.12 bits per heavy atom. The van der Waals surface area contributed by atoms with Gasteiger partial charge in [-0.25, -0.2) is 4.98 Å². The number of nitrogens with zero attached hydrogens (tertiary/aromatic N) is 3. The Balaban J connectivity index is 1.37. The van der Waals surface area contributed by atoms with Crippen LogP contribution >= 0.6 is 11.3 Å². The zero-order chi connectivity index (χ0) is 17.1. The van der Waals surface area contributed by atoms with Crippen molar-refractivity contribution in [2.45, 2.75) is 31.8 Å². The average molecular weight is 357 g/mol. The number of carbonyl (C=O) groups is 1. The van der Waals surface area contributed by atoms with Gasteiger partial charge in [0.05, 0.1) is 13.0 Å². The first kappa shape index (κ1) is 16.4. The third-order valence-electron chi connectivity index (χ3n) is 4.85. The SMILES string of the molecule is O=C(Cc1cccs1)N1CC[C@H](Oc2cccnc2N2CCCC2)C1. The highest BCUT2D eigenvalue weighted by Crippen LogP contribution is 2.30. The van der Waals surface area contributed by atoms with Gasteiger partial charge in [-0.05, 0) is 36.4 Å². The summed E-state index contributed by atoms with van der Waals surface area (Å²) < 4.78 is 6.24. The second-order valence-corrected chi connectivity index (χ2v) is 7.68. The average Bonchev–Trinajstić information content (AvgIpc) is 3.38. The second kappa shape index (κ2) is 7.44. The number of hydrogen-bond donors (Lipinski definition) is 0. The summed E-state index contributed by atoms with van der Waals surface area (Å²) in [6.07, 6.45) is 5.68. The minimum absolute atomic E-state index is 0.0536. The summed E-state index contributed by atoms with van der Waals surface area (Å²) in [5.74, 6) is 1.99. The van der Waals surface area contributed by atoms with E-state index in [4.69, 9.17) is 4.74 Å². The van der Waals surface area contributed by atoms with E-state index in [-0.39, 0.29) is 12.0 Å². The molecule has 6 heteroatoms. The molecule has 1 atom stereocenters. The van der Waals surface area contributed by atoms with Crippen LogP contribution in [-0.2, 0) is 11.2 Å². The van der Waals surface area contributed by atoms with Crippen molar-refractivity contribution in [3.8, 4) is 5.75 Å². The molecule has 4 heterocycles. The lowest BCUT2D eigenvalue weighted by atomic mass is 10.3. The molecule has 0 saturated carbocycles. The minimum Gasteiger partial charge on any atom is -0.485 e. The molecule has 2 aromatic heterocycles. The highest BCUT2D eigenvalue weighted by Gasteiger charge is 2.29. The van der Waals surface area contributed by atoms with Crippen LogP contribution in [0.3, 0.4) is 0 Å². The number of hydrogen-bond acceptors (Lipinski definition) is 5. The monoisotopic (exact) mass is 357 g/mol. The number of aromatic nitrogens is 1. The van der Waals surface area contributed by atoms with Crippen molar-refractivity contribution in [1.29, 1.82) is 0 Å². The van der Waals surface area contributed by atoms with Crippen LogP contribution in [0.15, 0.2) is 35.8 Å². The van der Waals surface area contributed by atoms with Gasteiger partial charge in [0, 0.05) is 37.1 Å². The van der Waals surface area contributed by atoms with Crippen LogP contribution in [0.5, 0.6) is 5.75 Å². The lowest BCUT2D eigenvalue weighted by molar-refractivity contribution is -0.129. The Morgan fingerprint density at radius 1 is 1.24 bits per heavy atom. The number of carbonyl (C=O) groups excluding carboxylic acids is 1. The number of anilines is 1. The van der Waals surface area contributed by atoms with E-state index in [9.17, 15) is 4.79 Å². The van der Waals surface area contributed by atoms with Crippen LogP contribution in [0.1, 0.15) is 24.1 Å². The summed E-state index contributed by atoms with van der Waals surface area (Å²) in [4.78, 5) is 22.3. The normalized spacial score (nSPS) is 20.2. The number of amides is 1. The predicted molar refractivity (Wildman–Crippen MR) is 99.3 cm³/mol. The molecule has 2 fully saturated rings. The van der Waals surface area contributed by atoms with Crippen LogP contribution in [0.25, 0.3) is 0 Å². The number of rotatable bonds is 5. The molecular formula is C19H23N3O2S. The summed E-state index contributed by atoms with van der Waals surface area (Å²) in [5, 5.41) is 2.01. The Kier molecular flexibility index (Phi) is 4.88. The summed E-state index contributed by atoms with van der Waals surface area (Å²) in [7, 11) is 0. The van der Waals surface area contributed by atoms with Crippen LogP contribution in [0, 0.1) is 0 Å². The van der Waals surface area contributed by atoms with E-state index in [2.05, 4.69) is 9.88 Å². The maximum absolute atomic E-state index is 12.4. The van der Waals surface area contributed by atoms with Gasteiger partial charge in [0.25, 0.3) is 0 Å². The lowest BCUT2D eigenvalue weighted by Crippen LogP contribution is -2.32.